The number of methoxy groups -OCH3 is 1. The molecular formula is C14H25NO4. The highest BCUT2D eigenvalue weighted by Crippen LogP contribution is 2.28. The van der Waals surface area contributed by atoms with Crippen molar-refractivity contribution < 1.29 is 19.0 Å². The summed E-state index contributed by atoms with van der Waals surface area (Å²) in [6.07, 6.45) is 3.23. The van der Waals surface area contributed by atoms with E-state index in [1.807, 2.05) is 11.8 Å². The molecule has 1 amide bonds. The van der Waals surface area contributed by atoms with Crippen molar-refractivity contribution in [1.29, 1.82) is 0 Å². The highest BCUT2D eigenvalue weighted by molar-refractivity contribution is 5.80. The van der Waals surface area contributed by atoms with Crippen LogP contribution in [0.15, 0.2) is 0 Å². The largest absolute Gasteiger partial charge is 0.382 e. The van der Waals surface area contributed by atoms with Gasteiger partial charge < -0.3 is 19.1 Å². The van der Waals surface area contributed by atoms with Crippen LogP contribution in [-0.4, -0.2) is 63.0 Å². The molecule has 2 saturated heterocycles. The number of rotatable bonds is 5. The van der Waals surface area contributed by atoms with Crippen molar-refractivity contribution in [1.82, 2.24) is 4.90 Å². The second-order valence-electron chi connectivity index (χ2n) is 5.39. The molecule has 2 aliphatic rings. The molecule has 2 heterocycles. The molecule has 5 heteroatoms. The lowest BCUT2D eigenvalue weighted by Gasteiger charge is -2.41. The molecule has 2 rings (SSSR count). The van der Waals surface area contributed by atoms with Crippen LogP contribution in [0.4, 0.5) is 0 Å². The standard InChI is InChI=1S/C14H25NO4/c1-11(18-9-8-17-2)14(16)15-6-5-13-12(10-15)4-3-7-19-13/h11-13H,3-10H2,1-2H3/t11-,12+,13+/m1/s1. The number of amides is 1. The zero-order chi connectivity index (χ0) is 13.7. The van der Waals surface area contributed by atoms with Gasteiger partial charge in [-0.3, -0.25) is 4.79 Å². The molecule has 0 aromatic carbocycles. The number of carbonyl (C=O) groups excluding carboxylic acids is 1. The SMILES string of the molecule is COCCO[C@H](C)C(=O)N1CC[C@@H]2OCCC[C@H]2C1. The van der Waals surface area contributed by atoms with E-state index < -0.39 is 0 Å². The lowest BCUT2D eigenvalue weighted by molar-refractivity contribution is -0.150. The van der Waals surface area contributed by atoms with Crippen LogP contribution in [0.3, 0.4) is 0 Å². The normalized spacial score (nSPS) is 28.8. The summed E-state index contributed by atoms with van der Waals surface area (Å²) in [7, 11) is 1.63. The molecule has 3 atom stereocenters. The van der Waals surface area contributed by atoms with Crippen LogP contribution in [0.2, 0.25) is 0 Å². The second-order valence-corrected chi connectivity index (χ2v) is 5.39. The molecule has 0 radical (unpaired) electrons. The van der Waals surface area contributed by atoms with Gasteiger partial charge in [0.25, 0.3) is 5.91 Å². The third-order valence-electron chi connectivity index (χ3n) is 4.03. The third-order valence-corrected chi connectivity index (χ3v) is 4.03. The molecule has 2 fully saturated rings. The molecule has 0 unspecified atom stereocenters. The zero-order valence-corrected chi connectivity index (χ0v) is 12.0. The molecule has 0 aromatic rings. The Bertz CT molecular complexity index is 297. The maximum absolute atomic E-state index is 12.3. The molecule has 0 N–H and O–H groups in total. The number of fused-ring (bicyclic) bond motifs is 1. The van der Waals surface area contributed by atoms with Gasteiger partial charge in [-0.1, -0.05) is 0 Å². The predicted molar refractivity (Wildman–Crippen MR) is 71.0 cm³/mol. The highest BCUT2D eigenvalue weighted by atomic mass is 16.5. The Morgan fingerprint density at radius 2 is 2.26 bits per heavy atom. The Balaban J connectivity index is 1.79. The van der Waals surface area contributed by atoms with Gasteiger partial charge in [-0.2, -0.15) is 0 Å². The van der Waals surface area contributed by atoms with E-state index in [1.165, 1.54) is 6.42 Å². The van der Waals surface area contributed by atoms with Crippen molar-refractivity contribution in [3.05, 3.63) is 0 Å². The summed E-state index contributed by atoms with van der Waals surface area (Å²) in [5.74, 6) is 0.609. The maximum Gasteiger partial charge on any atom is 0.251 e. The number of likely N-dealkylation sites (tertiary alicyclic amines) is 1. The average Bonchev–Trinajstić information content (AvgIpc) is 2.46. The minimum Gasteiger partial charge on any atom is -0.382 e. The fourth-order valence-corrected chi connectivity index (χ4v) is 2.92. The highest BCUT2D eigenvalue weighted by Gasteiger charge is 2.35. The Hall–Kier alpha value is -0.650. The van der Waals surface area contributed by atoms with Crippen LogP contribution in [0.25, 0.3) is 0 Å². The van der Waals surface area contributed by atoms with Gasteiger partial charge in [-0.15, -0.1) is 0 Å². The summed E-state index contributed by atoms with van der Waals surface area (Å²) in [6, 6.07) is 0. The van der Waals surface area contributed by atoms with E-state index in [4.69, 9.17) is 14.2 Å². The summed E-state index contributed by atoms with van der Waals surface area (Å²) in [5, 5.41) is 0. The summed E-state index contributed by atoms with van der Waals surface area (Å²) in [4.78, 5) is 14.2. The van der Waals surface area contributed by atoms with Gasteiger partial charge in [0, 0.05) is 32.7 Å². The van der Waals surface area contributed by atoms with Gasteiger partial charge in [0.05, 0.1) is 19.3 Å². The number of carbonyl (C=O) groups is 1. The predicted octanol–water partition coefficient (Wildman–Crippen LogP) is 1.07. The van der Waals surface area contributed by atoms with Crippen LogP contribution < -0.4 is 0 Å². The summed E-state index contributed by atoms with van der Waals surface area (Å²) in [6.45, 7) is 5.30. The Morgan fingerprint density at radius 1 is 1.42 bits per heavy atom. The van der Waals surface area contributed by atoms with Crippen LogP contribution in [0.1, 0.15) is 26.2 Å². The third kappa shape index (κ3) is 3.91. The number of piperidine rings is 1. The van der Waals surface area contributed by atoms with Crippen LogP contribution in [0, 0.1) is 5.92 Å². The van der Waals surface area contributed by atoms with E-state index in [2.05, 4.69) is 0 Å². The van der Waals surface area contributed by atoms with Gasteiger partial charge in [0.2, 0.25) is 0 Å². The fraction of sp³-hybridized carbons (Fsp3) is 0.929. The summed E-state index contributed by atoms with van der Waals surface area (Å²) >= 11 is 0. The molecule has 0 aliphatic carbocycles. The van der Waals surface area contributed by atoms with E-state index in [9.17, 15) is 4.79 Å². The Labute approximate surface area is 115 Å². The molecule has 0 aromatic heterocycles. The monoisotopic (exact) mass is 271 g/mol. The van der Waals surface area contributed by atoms with Gasteiger partial charge in [0.15, 0.2) is 0 Å². The van der Waals surface area contributed by atoms with Gasteiger partial charge in [-0.25, -0.2) is 0 Å². The second kappa shape index (κ2) is 7.22. The van der Waals surface area contributed by atoms with Gasteiger partial charge >= 0.3 is 0 Å². The maximum atomic E-state index is 12.3. The average molecular weight is 271 g/mol. The molecule has 0 saturated carbocycles. The number of nitrogens with zero attached hydrogens (tertiary/aromatic N) is 1. The summed E-state index contributed by atoms with van der Waals surface area (Å²) < 4.78 is 16.2. The van der Waals surface area contributed by atoms with Crippen molar-refractivity contribution >= 4 is 5.91 Å². The van der Waals surface area contributed by atoms with E-state index >= 15 is 0 Å². The molecule has 0 spiro atoms. The number of ether oxygens (including phenoxy) is 3. The van der Waals surface area contributed by atoms with Crippen molar-refractivity contribution in [2.45, 2.75) is 38.4 Å². The molecule has 19 heavy (non-hydrogen) atoms. The number of hydrogen-bond acceptors (Lipinski definition) is 4. The first-order valence-corrected chi connectivity index (χ1v) is 7.23. The quantitative estimate of drug-likeness (QED) is 0.702. The first-order valence-electron chi connectivity index (χ1n) is 7.23. The number of hydrogen-bond donors (Lipinski definition) is 0. The van der Waals surface area contributed by atoms with Crippen molar-refractivity contribution in [3.63, 3.8) is 0 Å². The summed E-state index contributed by atoms with van der Waals surface area (Å²) in [5.41, 5.74) is 0. The first-order chi connectivity index (χ1) is 9.22. The fourth-order valence-electron chi connectivity index (χ4n) is 2.92. The topological polar surface area (TPSA) is 48.0 Å². The van der Waals surface area contributed by atoms with Crippen LogP contribution in [0.5, 0.6) is 0 Å². The van der Waals surface area contributed by atoms with Gasteiger partial charge in [-0.05, 0) is 26.2 Å². The van der Waals surface area contributed by atoms with Crippen molar-refractivity contribution in [3.8, 4) is 0 Å². The molecule has 5 nitrogen and oxygen atoms in total. The van der Waals surface area contributed by atoms with E-state index in [0.29, 0.717) is 25.2 Å². The van der Waals surface area contributed by atoms with Crippen LogP contribution >= 0.6 is 0 Å². The molecular weight excluding hydrogens is 246 g/mol. The lowest BCUT2D eigenvalue weighted by atomic mass is 9.88. The van der Waals surface area contributed by atoms with E-state index in [1.54, 1.807) is 7.11 Å². The van der Waals surface area contributed by atoms with E-state index in [0.717, 1.165) is 32.5 Å². The Morgan fingerprint density at radius 3 is 3.05 bits per heavy atom. The minimum absolute atomic E-state index is 0.0973. The zero-order valence-electron chi connectivity index (χ0n) is 12.0. The first kappa shape index (κ1) is 14.8. The molecule has 110 valence electrons. The van der Waals surface area contributed by atoms with Crippen LogP contribution in [-0.2, 0) is 19.0 Å². The lowest BCUT2D eigenvalue weighted by Crippen LogP contribution is -2.51. The van der Waals surface area contributed by atoms with Crippen molar-refractivity contribution in [2.24, 2.45) is 5.92 Å². The van der Waals surface area contributed by atoms with Gasteiger partial charge in [0.1, 0.15) is 6.10 Å². The molecule has 0 bridgehead atoms. The van der Waals surface area contributed by atoms with Crippen molar-refractivity contribution in [2.75, 3.05) is 40.0 Å². The smallest absolute Gasteiger partial charge is 0.251 e. The van der Waals surface area contributed by atoms with E-state index in [-0.39, 0.29) is 12.0 Å². The molecule has 2 aliphatic heterocycles. The minimum atomic E-state index is -0.379. The Kier molecular flexibility index (Phi) is 5.60.